The van der Waals surface area contributed by atoms with Crippen LogP contribution in [-0.4, -0.2) is 22.3 Å². The molecule has 0 aliphatic rings. The first-order valence-corrected chi connectivity index (χ1v) is 7.75. The average Bonchev–Trinajstić information content (AvgIpc) is 2.57. The summed E-state index contributed by atoms with van der Waals surface area (Å²) in [6, 6.07) is 8.41. The molecular formula is C18H20FN3O3. The van der Waals surface area contributed by atoms with Crippen molar-refractivity contribution in [3.8, 4) is 11.6 Å². The Bertz CT molecular complexity index is 777. The molecule has 25 heavy (non-hydrogen) atoms. The van der Waals surface area contributed by atoms with Gasteiger partial charge in [-0.1, -0.05) is 13.8 Å². The van der Waals surface area contributed by atoms with Crippen LogP contribution in [0.25, 0.3) is 0 Å². The maximum absolute atomic E-state index is 13.0. The molecule has 0 saturated carbocycles. The monoisotopic (exact) mass is 345 g/mol. The Balaban J connectivity index is 2.29. The highest BCUT2D eigenvalue weighted by atomic mass is 19.1. The van der Waals surface area contributed by atoms with Crippen LogP contribution in [0.1, 0.15) is 31.1 Å². The van der Waals surface area contributed by atoms with Gasteiger partial charge in [-0.05, 0) is 49.2 Å². The minimum absolute atomic E-state index is 0.0437. The SMILES string of the molecule is CC(C)[C@@](C)(NC(=O)c1cccnc1Oc1ccc(F)cc1)C(N)=O. The van der Waals surface area contributed by atoms with Crippen LogP contribution in [0.3, 0.4) is 0 Å². The first-order chi connectivity index (χ1) is 11.7. The van der Waals surface area contributed by atoms with Crippen molar-refractivity contribution in [2.45, 2.75) is 26.3 Å². The number of rotatable bonds is 6. The van der Waals surface area contributed by atoms with Crippen molar-refractivity contribution in [1.82, 2.24) is 10.3 Å². The van der Waals surface area contributed by atoms with Gasteiger partial charge in [0.25, 0.3) is 5.91 Å². The lowest BCUT2D eigenvalue weighted by molar-refractivity contribution is -0.125. The van der Waals surface area contributed by atoms with Crippen LogP contribution >= 0.6 is 0 Å². The third kappa shape index (κ3) is 4.12. The average molecular weight is 345 g/mol. The van der Waals surface area contributed by atoms with Gasteiger partial charge >= 0.3 is 0 Å². The van der Waals surface area contributed by atoms with Crippen LogP contribution in [0.5, 0.6) is 11.6 Å². The van der Waals surface area contributed by atoms with E-state index in [1.54, 1.807) is 26.8 Å². The third-order valence-electron chi connectivity index (χ3n) is 4.08. The van der Waals surface area contributed by atoms with Crippen molar-refractivity contribution >= 4 is 11.8 Å². The number of nitrogens with one attached hydrogen (secondary N) is 1. The Morgan fingerprint density at radius 3 is 2.44 bits per heavy atom. The number of carbonyl (C=O) groups is 2. The summed E-state index contributed by atoms with van der Waals surface area (Å²) in [6.45, 7) is 5.13. The fraction of sp³-hybridized carbons (Fsp3) is 0.278. The van der Waals surface area contributed by atoms with Crippen molar-refractivity contribution in [2.75, 3.05) is 0 Å². The molecule has 1 aromatic heterocycles. The lowest BCUT2D eigenvalue weighted by Gasteiger charge is -2.31. The van der Waals surface area contributed by atoms with E-state index in [9.17, 15) is 14.0 Å². The van der Waals surface area contributed by atoms with E-state index in [4.69, 9.17) is 10.5 Å². The van der Waals surface area contributed by atoms with Crippen LogP contribution in [0, 0.1) is 11.7 Å². The van der Waals surface area contributed by atoms with E-state index >= 15 is 0 Å². The Labute approximate surface area is 145 Å². The Morgan fingerprint density at radius 2 is 1.88 bits per heavy atom. The van der Waals surface area contributed by atoms with Gasteiger partial charge < -0.3 is 15.8 Å². The number of nitrogens with two attached hydrogens (primary N) is 1. The molecule has 2 aromatic rings. The molecule has 2 amide bonds. The van der Waals surface area contributed by atoms with Crippen LogP contribution in [-0.2, 0) is 4.79 Å². The van der Waals surface area contributed by atoms with Gasteiger partial charge in [0.1, 0.15) is 22.7 Å². The lowest BCUT2D eigenvalue weighted by atomic mass is 9.87. The highest BCUT2D eigenvalue weighted by Gasteiger charge is 2.37. The molecule has 1 atom stereocenters. The first-order valence-electron chi connectivity index (χ1n) is 7.75. The highest BCUT2D eigenvalue weighted by molar-refractivity contribution is 6.00. The fourth-order valence-electron chi connectivity index (χ4n) is 2.05. The van der Waals surface area contributed by atoms with Crippen molar-refractivity contribution in [1.29, 1.82) is 0 Å². The molecule has 0 spiro atoms. The lowest BCUT2D eigenvalue weighted by Crippen LogP contribution is -2.58. The summed E-state index contributed by atoms with van der Waals surface area (Å²) in [5, 5.41) is 2.65. The standard InChI is InChI=1S/C18H20FN3O3/c1-11(2)18(3,17(20)24)22-15(23)14-5-4-10-21-16(14)25-13-8-6-12(19)7-9-13/h4-11H,1-3H3,(H2,20,24)(H,22,23)/t18-/m1/s1. The molecule has 132 valence electrons. The minimum atomic E-state index is -1.22. The van der Waals surface area contributed by atoms with Gasteiger partial charge in [-0.15, -0.1) is 0 Å². The molecule has 0 bridgehead atoms. The second kappa shape index (κ2) is 7.29. The largest absolute Gasteiger partial charge is 0.438 e. The van der Waals surface area contributed by atoms with Crippen LogP contribution in [0.15, 0.2) is 42.6 Å². The summed E-state index contributed by atoms with van der Waals surface area (Å²) in [6.07, 6.45) is 1.46. The summed E-state index contributed by atoms with van der Waals surface area (Å²) >= 11 is 0. The van der Waals surface area contributed by atoms with E-state index < -0.39 is 23.2 Å². The molecule has 3 N–H and O–H groups in total. The molecular weight excluding hydrogens is 325 g/mol. The number of primary amides is 1. The Morgan fingerprint density at radius 1 is 1.24 bits per heavy atom. The third-order valence-corrected chi connectivity index (χ3v) is 4.08. The Kier molecular flexibility index (Phi) is 5.36. The second-order valence-electron chi connectivity index (χ2n) is 6.09. The van der Waals surface area contributed by atoms with Crippen LogP contribution in [0.4, 0.5) is 4.39 Å². The quantitative estimate of drug-likeness (QED) is 0.841. The molecule has 0 saturated heterocycles. The normalized spacial score (nSPS) is 13.2. The molecule has 0 fully saturated rings. The van der Waals surface area contributed by atoms with E-state index in [-0.39, 0.29) is 17.4 Å². The van der Waals surface area contributed by atoms with Crippen molar-refractivity contribution in [3.63, 3.8) is 0 Å². The molecule has 1 aromatic carbocycles. The number of hydrogen-bond acceptors (Lipinski definition) is 4. The van der Waals surface area contributed by atoms with E-state index in [1.807, 2.05) is 0 Å². The maximum atomic E-state index is 13.0. The molecule has 2 rings (SSSR count). The fourth-order valence-corrected chi connectivity index (χ4v) is 2.05. The molecule has 0 aliphatic heterocycles. The maximum Gasteiger partial charge on any atom is 0.257 e. The number of carbonyl (C=O) groups excluding carboxylic acids is 2. The number of halogens is 1. The molecule has 0 unspecified atom stereocenters. The highest BCUT2D eigenvalue weighted by Crippen LogP contribution is 2.24. The molecule has 0 aliphatic carbocycles. The number of pyridine rings is 1. The summed E-state index contributed by atoms with van der Waals surface area (Å²) < 4.78 is 18.6. The zero-order valence-electron chi connectivity index (χ0n) is 14.2. The predicted molar refractivity (Wildman–Crippen MR) is 90.6 cm³/mol. The van der Waals surface area contributed by atoms with E-state index in [1.165, 1.54) is 36.5 Å². The van der Waals surface area contributed by atoms with Gasteiger partial charge in [0.2, 0.25) is 11.8 Å². The summed E-state index contributed by atoms with van der Waals surface area (Å²) in [5.74, 6) is -1.42. The number of aromatic nitrogens is 1. The molecule has 1 heterocycles. The number of ether oxygens (including phenoxy) is 1. The summed E-state index contributed by atoms with van der Waals surface area (Å²) in [5.41, 5.74) is 4.35. The van der Waals surface area contributed by atoms with Crippen molar-refractivity contribution in [2.24, 2.45) is 11.7 Å². The van der Waals surface area contributed by atoms with Crippen LogP contribution < -0.4 is 15.8 Å². The molecule has 7 heteroatoms. The minimum Gasteiger partial charge on any atom is -0.438 e. The first kappa shape index (κ1) is 18.4. The summed E-state index contributed by atoms with van der Waals surface area (Å²) in [7, 11) is 0. The van der Waals surface area contributed by atoms with Crippen LogP contribution in [0.2, 0.25) is 0 Å². The zero-order chi connectivity index (χ0) is 18.6. The number of hydrogen-bond donors (Lipinski definition) is 2. The zero-order valence-corrected chi connectivity index (χ0v) is 14.2. The number of nitrogens with zero attached hydrogens (tertiary/aromatic N) is 1. The van der Waals surface area contributed by atoms with Gasteiger partial charge in [0.05, 0.1) is 0 Å². The van der Waals surface area contributed by atoms with Gasteiger partial charge in [-0.3, -0.25) is 9.59 Å². The molecule has 0 radical (unpaired) electrons. The van der Waals surface area contributed by atoms with Gasteiger partial charge in [-0.2, -0.15) is 0 Å². The van der Waals surface area contributed by atoms with E-state index in [0.717, 1.165) is 0 Å². The van der Waals surface area contributed by atoms with Gasteiger partial charge in [-0.25, -0.2) is 9.37 Å². The number of benzene rings is 1. The smallest absolute Gasteiger partial charge is 0.257 e. The Hall–Kier alpha value is -2.96. The van der Waals surface area contributed by atoms with Crippen molar-refractivity contribution in [3.05, 3.63) is 54.0 Å². The second-order valence-corrected chi connectivity index (χ2v) is 6.09. The van der Waals surface area contributed by atoms with E-state index in [0.29, 0.717) is 5.75 Å². The van der Waals surface area contributed by atoms with Gasteiger partial charge in [0, 0.05) is 6.20 Å². The summed E-state index contributed by atoms with van der Waals surface area (Å²) in [4.78, 5) is 28.4. The topological polar surface area (TPSA) is 94.3 Å². The van der Waals surface area contributed by atoms with Crippen molar-refractivity contribution < 1.29 is 18.7 Å². The van der Waals surface area contributed by atoms with Gasteiger partial charge in [0.15, 0.2) is 0 Å². The predicted octanol–water partition coefficient (Wildman–Crippen LogP) is 2.64. The van der Waals surface area contributed by atoms with E-state index in [2.05, 4.69) is 10.3 Å². The molecule has 6 nitrogen and oxygen atoms in total. The number of amides is 2.